The van der Waals surface area contributed by atoms with Crippen molar-refractivity contribution in [2.24, 2.45) is 0 Å². The first-order chi connectivity index (χ1) is 12.8. The van der Waals surface area contributed by atoms with Gasteiger partial charge in [0.1, 0.15) is 19.3 Å². The number of benzene rings is 1. The summed E-state index contributed by atoms with van der Waals surface area (Å²) in [5.74, 6) is 2.01. The third-order valence-corrected chi connectivity index (χ3v) is 4.41. The van der Waals surface area contributed by atoms with E-state index in [-0.39, 0.29) is 11.8 Å². The molecular formula is C17H14N6O2S. The van der Waals surface area contributed by atoms with Crippen LogP contribution >= 0.6 is 11.3 Å². The van der Waals surface area contributed by atoms with Crippen LogP contribution in [-0.4, -0.2) is 28.2 Å². The topological polar surface area (TPSA) is 105 Å². The largest absolute Gasteiger partial charge is 0.486 e. The summed E-state index contributed by atoms with van der Waals surface area (Å²) in [5.41, 5.74) is 0.730. The highest BCUT2D eigenvalue weighted by atomic mass is 32.1. The minimum Gasteiger partial charge on any atom is -0.486 e. The van der Waals surface area contributed by atoms with Gasteiger partial charge in [-0.1, -0.05) is 6.07 Å². The number of hydrogen-bond acceptors (Lipinski definition) is 9. The third kappa shape index (κ3) is 3.65. The number of aromatic nitrogens is 3. The summed E-state index contributed by atoms with van der Waals surface area (Å²) in [7, 11) is 0. The Bertz CT molecular complexity index is 954. The second-order valence-electron chi connectivity index (χ2n) is 5.33. The van der Waals surface area contributed by atoms with Gasteiger partial charge in [0.2, 0.25) is 17.7 Å². The Kier molecular flexibility index (Phi) is 4.49. The van der Waals surface area contributed by atoms with Gasteiger partial charge in [-0.2, -0.15) is 20.2 Å². The van der Waals surface area contributed by atoms with E-state index in [1.165, 1.54) is 0 Å². The van der Waals surface area contributed by atoms with Gasteiger partial charge in [-0.05, 0) is 23.6 Å². The first-order valence-corrected chi connectivity index (χ1v) is 8.77. The molecule has 4 rings (SSSR count). The zero-order valence-corrected chi connectivity index (χ0v) is 14.4. The van der Waals surface area contributed by atoms with Crippen LogP contribution < -0.4 is 20.1 Å². The fraction of sp³-hybridized carbons (Fsp3) is 0.176. The van der Waals surface area contributed by atoms with E-state index in [1.54, 1.807) is 11.3 Å². The maximum absolute atomic E-state index is 9.17. The highest BCUT2D eigenvalue weighted by Gasteiger charge is 2.13. The van der Waals surface area contributed by atoms with Crippen LogP contribution in [0, 0.1) is 11.3 Å². The smallest absolute Gasteiger partial charge is 0.238 e. The summed E-state index contributed by atoms with van der Waals surface area (Å²) in [6, 6.07) is 11.4. The molecule has 1 aromatic carbocycles. The molecule has 2 aromatic heterocycles. The van der Waals surface area contributed by atoms with Gasteiger partial charge in [-0.15, -0.1) is 11.3 Å². The number of anilines is 3. The number of ether oxygens (including phenoxy) is 2. The van der Waals surface area contributed by atoms with E-state index in [4.69, 9.17) is 9.47 Å². The predicted octanol–water partition coefficient (Wildman–Crippen LogP) is 2.93. The van der Waals surface area contributed by atoms with Crippen LogP contribution in [0.5, 0.6) is 11.5 Å². The summed E-state index contributed by atoms with van der Waals surface area (Å²) in [6.07, 6.45) is 0. The molecule has 0 amide bonds. The Balaban J connectivity index is 1.54. The van der Waals surface area contributed by atoms with Gasteiger partial charge in [-0.3, -0.25) is 0 Å². The van der Waals surface area contributed by atoms with E-state index in [0.717, 1.165) is 10.6 Å². The zero-order valence-electron chi connectivity index (χ0n) is 13.6. The lowest BCUT2D eigenvalue weighted by Gasteiger charge is -2.19. The van der Waals surface area contributed by atoms with Gasteiger partial charge in [0.25, 0.3) is 0 Å². The monoisotopic (exact) mass is 366 g/mol. The van der Waals surface area contributed by atoms with Crippen LogP contribution in [0.25, 0.3) is 0 Å². The van der Waals surface area contributed by atoms with Gasteiger partial charge in [0, 0.05) is 16.6 Å². The highest BCUT2D eigenvalue weighted by molar-refractivity contribution is 7.09. The quantitative estimate of drug-likeness (QED) is 0.710. The number of hydrogen-bond donors (Lipinski definition) is 2. The van der Waals surface area contributed by atoms with Crippen molar-refractivity contribution in [1.82, 2.24) is 15.0 Å². The van der Waals surface area contributed by atoms with Crippen LogP contribution in [0.15, 0.2) is 35.7 Å². The first kappa shape index (κ1) is 16.1. The Hall–Kier alpha value is -3.38. The average Bonchev–Trinajstić information content (AvgIpc) is 3.20. The molecule has 0 spiro atoms. The maximum atomic E-state index is 9.17. The number of rotatable bonds is 5. The molecule has 0 radical (unpaired) electrons. The van der Waals surface area contributed by atoms with Crippen molar-refractivity contribution < 1.29 is 9.47 Å². The zero-order chi connectivity index (χ0) is 17.8. The molecule has 0 aliphatic carbocycles. The maximum Gasteiger partial charge on any atom is 0.238 e. The van der Waals surface area contributed by atoms with Crippen LogP contribution in [0.2, 0.25) is 0 Å². The van der Waals surface area contributed by atoms with Crippen molar-refractivity contribution >= 4 is 28.9 Å². The van der Waals surface area contributed by atoms with Crippen molar-refractivity contribution in [2.45, 2.75) is 6.54 Å². The lowest BCUT2D eigenvalue weighted by Crippen LogP contribution is -2.15. The number of nitrogens with zero attached hydrogens (tertiary/aromatic N) is 4. The highest BCUT2D eigenvalue weighted by Crippen LogP contribution is 2.33. The molecule has 0 bridgehead atoms. The average molecular weight is 366 g/mol. The molecule has 26 heavy (non-hydrogen) atoms. The Morgan fingerprint density at radius 2 is 1.92 bits per heavy atom. The second-order valence-corrected chi connectivity index (χ2v) is 6.37. The van der Waals surface area contributed by atoms with E-state index >= 15 is 0 Å². The fourth-order valence-corrected chi connectivity index (χ4v) is 3.04. The molecule has 3 heterocycles. The van der Waals surface area contributed by atoms with Crippen molar-refractivity contribution in [2.75, 3.05) is 23.8 Å². The number of fused-ring (bicyclic) bond motifs is 1. The van der Waals surface area contributed by atoms with Crippen molar-refractivity contribution in [1.29, 1.82) is 5.26 Å². The summed E-state index contributed by atoms with van der Waals surface area (Å²) < 4.78 is 11.1. The second kappa shape index (κ2) is 7.25. The third-order valence-electron chi connectivity index (χ3n) is 3.53. The Morgan fingerprint density at radius 3 is 2.73 bits per heavy atom. The fourth-order valence-electron chi connectivity index (χ4n) is 2.39. The lowest BCUT2D eigenvalue weighted by atomic mass is 10.2. The molecular weight excluding hydrogens is 352 g/mol. The van der Waals surface area contributed by atoms with Crippen molar-refractivity contribution in [3.8, 4) is 17.6 Å². The lowest BCUT2D eigenvalue weighted by molar-refractivity contribution is 0.171. The molecule has 0 fully saturated rings. The predicted molar refractivity (Wildman–Crippen MR) is 96.9 cm³/mol. The molecule has 1 aliphatic heterocycles. The molecule has 3 aromatic rings. The molecule has 0 saturated carbocycles. The molecule has 130 valence electrons. The Morgan fingerprint density at radius 1 is 1.08 bits per heavy atom. The van der Waals surface area contributed by atoms with E-state index in [0.29, 0.717) is 37.2 Å². The minimum absolute atomic E-state index is 0.0359. The molecule has 0 unspecified atom stereocenters. The van der Waals surface area contributed by atoms with Gasteiger partial charge in [0.15, 0.2) is 11.5 Å². The Labute approximate surface area is 153 Å². The van der Waals surface area contributed by atoms with E-state index in [9.17, 15) is 5.26 Å². The molecule has 0 atom stereocenters. The van der Waals surface area contributed by atoms with Crippen molar-refractivity contribution in [3.05, 3.63) is 46.4 Å². The number of thiophene rings is 1. The molecule has 2 N–H and O–H groups in total. The van der Waals surface area contributed by atoms with Gasteiger partial charge in [-0.25, -0.2) is 0 Å². The molecule has 0 saturated heterocycles. The van der Waals surface area contributed by atoms with Gasteiger partial charge in [0.05, 0.1) is 6.54 Å². The SMILES string of the molecule is N#Cc1nc(NCc2cccs2)nc(Nc2ccc3c(c2)OCCO3)n1. The summed E-state index contributed by atoms with van der Waals surface area (Å²) in [4.78, 5) is 13.7. The van der Waals surface area contributed by atoms with E-state index in [2.05, 4.69) is 25.6 Å². The molecule has 1 aliphatic rings. The summed E-state index contributed by atoms with van der Waals surface area (Å²) in [5, 5.41) is 17.4. The van der Waals surface area contributed by atoms with Crippen LogP contribution in [-0.2, 0) is 6.54 Å². The normalized spacial score (nSPS) is 12.3. The number of nitriles is 1. The minimum atomic E-state index is 0.0359. The molecule has 8 nitrogen and oxygen atoms in total. The first-order valence-electron chi connectivity index (χ1n) is 7.89. The number of nitrogens with one attached hydrogen (secondary N) is 2. The summed E-state index contributed by atoms with van der Waals surface area (Å²) in [6.45, 7) is 1.63. The van der Waals surface area contributed by atoms with Gasteiger partial charge < -0.3 is 20.1 Å². The standard InChI is InChI=1S/C17H14N6O2S/c18-9-15-21-16(19-10-12-2-1-7-26-12)23-17(22-15)20-11-3-4-13-14(8-11)25-6-5-24-13/h1-4,7-8H,5-6,10H2,(H2,19,20,21,22,23). The van der Waals surface area contributed by atoms with Crippen LogP contribution in [0.4, 0.5) is 17.6 Å². The van der Waals surface area contributed by atoms with Crippen LogP contribution in [0.1, 0.15) is 10.7 Å². The van der Waals surface area contributed by atoms with E-state index < -0.39 is 0 Å². The summed E-state index contributed by atoms with van der Waals surface area (Å²) >= 11 is 1.63. The van der Waals surface area contributed by atoms with E-state index in [1.807, 2.05) is 41.8 Å². The van der Waals surface area contributed by atoms with Crippen molar-refractivity contribution in [3.63, 3.8) is 0 Å². The van der Waals surface area contributed by atoms with Gasteiger partial charge >= 0.3 is 0 Å². The molecule has 9 heteroatoms. The van der Waals surface area contributed by atoms with Crippen LogP contribution in [0.3, 0.4) is 0 Å².